The molecule has 1 aromatic rings. The predicted molar refractivity (Wildman–Crippen MR) is 78.3 cm³/mol. The molecule has 6 nitrogen and oxygen atoms in total. The first kappa shape index (κ1) is 16.5. The van der Waals surface area contributed by atoms with Gasteiger partial charge in [0, 0.05) is 32.0 Å². The van der Waals surface area contributed by atoms with Gasteiger partial charge in [-0.25, -0.2) is 4.79 Å². The highest BCUT2D eigenvalue weighted by molar-refractivity contribution is 5.73. The van der Waals surface area contributed by atoms with Crippen LogP contribution in [0.5, 0.6) is 0 Å². The molecular formula is C14H26N4O2. The first-order valence-electron chi connectivity index (χ1n) is 7.20. The van der Waals surface area contributed by atoms with Crippen LogP contribution in [0.3, 0.4) is 0 Å². The second-order valence-corrected chi connectivity index (χ2v) is 5.33. The van der Waals surface area contributed by atoms with Crippen LogP contribution < -0.4 is 10.6 Å². The molecule has 2 amide bonds. The Labute approximate surface area is 120 Å². The largest absolute Gasteiger partial charge is 0.388 e. The summed E-state index contributed by atoms with van der Waals surface area (Å²) in [4.78, 5) is 11.7. The number of amides is 2. The van der Waals surface area contributed by atoms with Gasteiger partial charge in [-0.15, -0.1) is 0 Å². The fourth-order valence-corrected chi connectivity index (χ4v) is 1.87. The van der Waals surface area contributed by atoms with E-state index in [2.05, 4.69) is 22.7 Å². The zero-order chi connectivity index (χ0) is 15.0. The molecule has 0 spiro atoms. The first-order valence-corrected chi connectivity index (χ1v) is 7.20. The Morgan fingerprint density at radius 3 is 2.65 bits per heavy atom. The Kier molecular flexibility index (Phi) is 6.51. The lowest BCUT2D eigenvalue weighted by Crippen LogP contribution is -2.46. The summed E-state index contributed by atoms with van der Waals surface area (Å²) in [5.41, 5.74) is -0.808. The summed E-state index contributed by atoms with van der Waals surface area (Å²) in [7, 11) is 0. The summed E-state index contributed by atoms with van der Waals surface area (Å²) < 4.78 is 1.84. The van der Waals surface area contributed by atoms with Gasteiger partial charge in [0.25, 0.3) is 0 Å². The van der Waals surface area contributed by atoms with Crippen LogP contribution in [0.1, 0.15) is 33.6 Å². The number of nitrogens with one attached hydrogen (secondary N) is 2. The average molecular weight is 282 g/mol. The van der Waals surface area contributed by atoms with Crippen LogP contribution in [0, 0.1) is 5.92 Å². The lowest BCUT2D eigenvalue weighted by Gasteiger charge is -2.25. The molecule has 1 atom stereocenters. The maximum absolute atomic E-state index is 11.7. The third kappa shape index (κ3) is 5.61. The summed E-state index contributed by atoms with van der Waals surface area (Å²) in [6, 6.07) is 1.64. The molecule has 0 saturated heterocycles. The zero-order valence-electron chi connectivity index (χ0n) is 12.6. The van der Waals surface area contributed by atoms with Crippen molar-refractivity contribution in [3.63, 3.8) is 0 Å². The van der Waals surface area contributed by atoms with Crippen LogP contribution in [0.15, 0.2) is 18.5 Å². The molecule has 114 valence electrons. The molecule has 20 heavy (non-hydrogen) atoms. The fourth-order valence-electron chi connectivity index (χ4n) is 1.87. The lowest BCUT2D eigenvalue weighted by molar-refractivity contribution is 0.0349. The van der Waals surface area contributed by atoms with Crippen LogP contribution in [-0.2, 0) is 6.54 Å². The molecule has 0 saturated carbocycles. The maximum atomic E-state index is 11.7. The van der Waals surface area contributed by atoms with Crippen molar-refractivity contribution >= 4 is 6.03 Å². The Balaban J connectivity index is 2.22. The fraction of sp³-hybridized carbons (Fsp3) is 0.714. The van der Waals surface area contributed by atoms with Crippen molar-refractivity contribution in [3.8, 4) is 0 Å². The van der Waals surface area contributed by atoms with E-state index in [1.807, 2.05) is 30.8 Å². The highest BCUT2D eigenvalue weighted by Crippen LogP contribution is 2.12. The molecular weight excluding hydrogens is 256 g/mol. The van der Waals surface area contributed by atoms with Gasteiger partial charge in [-0.2, -0.15) is 5.10 Å². The quantitative estimate of drug-likeness (QED) is 0.674. The van der Waals surface area contributed by atoms with Crippen molar-refractivity contribution in [2.24, 2.45) is 5.92 Å². The smallest absolute Gasteiger partial charge is 0.314 e. The van der Waals surface area contributed by atoms with E-state index in [-0.39, 0.29) is 18.5 Å². The Morgan fingerprint density at radius 1 is 1.40 bits per heavy atom. The minimum absolute atomic E-state index is 0.238. The number of carbonyl (C=O) groups excluding carboxylic acids is 1. The molecule has 0 radical (unpaired) electrons. The third-order valence-electron chi connectivity index (χ3n) is 3.56. The standard InChI is InChI=1S/C14H26N4O2/c1-4-14(20,5-2)11-16-13(19)15-9-12(3)10-18-8-6-7-17-18/h6-8,12,20H,4-5,9-11H2,1-3H3,(H2,15,16,19). The van der Waals surface area contributed by atoms with Gasteiger partial charge in [-0.1, -0.05) is 20.8 Å². The molecule has 0 aliphatic rings. The highest BCUT2D eigenvalue weighted by atomic mass is 16.3. The predicted octanol–water partition coefficient (Wildman–Crippen LogP) is 1.37. The van der Waals surface area contributed by atoms with E-state index in [0.717, 1.165) is 6.54 Å². The molecule has 1 heterocycles. The Bertz CT molecular complexity index is 388. The number of hydrogen-bond acceptors (Lipinski definition) is 3. The SMILES string of the molecule is CCC(O)(CC)CNC(=O)NCC(C)Cn1cccn1. The van der Waals surface area contributed by atoms with E-state index in [1.165, 1.54) is 0 Å². The molecule has 3 N–H and O–H groups in total. The minimum Gasteiger partial charge on any atom is -0.388 e. The summed E-state index contributed by atoms with van der Waals surface area (Å²) in [6.45, 7) is 7.49. The lowest BCUT2D eigenvalue weighted by atomic mass is 9.98. The third-order valence-corrected chi connectivity index (χ3v) is 3.56. The Morgan fingerprint density at radius 2 is 2.10 bits per heavy atom. The maximum Gasteiger partial charge on any atom is 0.314 e. The van der Waals surface area contributed by atoms with Crippen LogP contribution >= 0.6 is 0 Å². The van der Waals surface area contributed by atoms with E-state index < -0.39 is 5.60 Å². The van der Waals surface area contributed by atoms with E-state index in [4.69, 9.17) is 0 Å². The monoisotopic (exact) mass is 282 g/mol. The van der Waals surface area contributed by atoms with Crippen molar-refractivity contribution in [2.75, 3.05) is 13.1 Å². The summed E-state index contributed by atoms with van der Waals surface area (Å²) in [5.74, 6) is 0.289. The summed E-state index contributed by atoms with van der Waals surface area (Å²) in [6.07, 6.45) is 4.89. The number of carbonyl (C=O) groups is 1. The van der Waals surface area contributed by atoms with Crippen LogP contribution in [0.4, 0.5) is 4.79 Å². The van der Waals surface area contributed by atoms with Gasteiger partial charge in [-0.3, -0.25) is 4.68 Å². The molecule has 0 aromatic carbocycles. The Hall–Kier alpha value is -1.56. The van der Waals surface area contributed by atoms with Crippen LogP contribution in [-0.4, -0.2) is 39.6 Å². The van der Waals surface area contributed by atoms with Crippen molar-refractivity contribution in [1.29, 1.82) is 0 Å². The van der Waals surface area contributed by atoms with E-state index in [9.17, 15) is 9.90 Å². The minimum atomic E-state index is -0.808. The number of nitrogens with zero attached hydrogens (tertiary/aromatic N) is 2. The second-order valence-electron chi connectivity index (χ2n) is 5.33. The number of urea groups is 1. The molecule has 0 aliphatic heterocycles. The van der Waals surface area contributed by atoms with Crippen molar-refractivity contribution < 1.29 is 9.90 Å². The van der Waals surface area contributed by atoms with Gasteiger partial charge >= 0.3 is 6.03 Å². The van der Waals surface area contributed by atoms with Gasteiger partial charge < -0.3 is 15.7 Å². The number of aliphatic hydroxyl groups is 1. The van der Waals surface area contributed by atoms with Crippen LogP contribution in [0.2, 0.25) is 0 Å². The topological polar surface area (TPSA) is 79.2 Å². The van der Waals surface area contributed by atoms with E-state index in [1.54, 1.807) is 6.20 Å². The molecule has 1 unspecified atom stereocenters. The van der Waals surface area contributed by atoms with Crippen molar-refractivity contribution in [3.05, 3.63) is 18.5 Å². The second kappa shape index (κ2) is 7.89. The van der Waals surface area contributed by atoms with Crippen molar-refractivity contribution in [1.82, 2.24) is 20.4 Å². The zero-order valence-corrected chi connectivity index (χ0v) is 12.6. The normalized spacial score (nSPS) is 13.0. The van der Waals surface area contributed by atoms with E-state index >= 15 is 0 Å². The molecule has 0 fully saturated rings. The molecule has 1 rings (SSSR count). The van der Waals surface area contributed by atoms with Gasteiger partial charge in [0.2, 0.25) is 0 Å². The average Bonchev–Trinajstić information content (AvgIpc) is 2.95. The molecule has 0 aliphatic carbocycles. The van der Waals surface area contributed by atoms with Gasteiger partial charge in [-0.05, 0) is 24.8 Å². The van der Waals surface area contributed by atoms with Gasteiger partial charge in [0.15, 0.2) is 0 Å². The van der Waals surface area contributed by atoms with Crippen LogP contribution in [0.25, 0.3) is 0 Å². The molecule has 0 bridgehead atoms. The number of aromatic nitrogens is 2. The summed E-state index contributed by atoms with van der Waals surface area (Å²) >= 11 is 0. The van der Waals surface area contributed by atoms with Gasteiger partial charge in [0.1, 0.15) is 0 Å². The number of rotatable bonds is 8. The first-order chi connectivity index (χ1) is 9.49. The molecule has 1 aromatic heterocycles. The van der Waals surface area contributed by atoms with E-state index in [0.29, 0.717) is 19.4 Å². The number of hydrogen-bond donors (Lipinski definition) is 3. The highest BCUT2D eigenvalue weighted by Gasteiger charge is 2.22. The summed E-state index contributed by atoms with van der Waals surface area (Å²) in [5, 5.41) is 19.7. The van der Waals surface area contributed by atoms with Gasteiger partial charge in [0.05, 0.1) is 5.60 Å². The molecule has 6 heteroatoms. The van der Waals surface area contributed by atoms with Crippen molar-refractivity contribution in [2.45, 2.75) is 45.8 Å².